The molecule has 0 amide bonds. The average Bonchev–Trinajstić information content (AvgIpc) is 3.77. The van der Waals surface area contributed by atoms with Crippen LogP contribution in [0.15, 0.2) is 60.7 Å². The Hall–Kier alpha value is -4.80. The Balaban J connectivity index is 1.21. The molecule has 0 saturated heterocycles. The minimum absolute atomic E-state index is 0.245. The van der Waals surface area contributed by atoms with E-state index in [0.717, 1.165) is 53.9 Å². The van der Waals surface area contributed by atoms with Crippen LogP contribution in [0.2, 0.25) is 0 Å². The monoisotopic (exact) mass is 762 g/mol. The molecule has 2 aromatic heterocycles. The van der Waals surface area contributed by atoms with Gasteiger partial charge in [-0.1, -0.05) is 64.1 Å². The highest BCUT2D eigenvalue weighted by Gasteiger charge is 2.34. The van der Waals surface area contributed by atoms with Crippen LogP contribution in [0, 0.1) is 0 Å². The molecule has 0 N–H and O–H groups in total. The van der Waals surface area contributed by atoms with Crippen LogP contribution in [-0.4, -0.2) is 23.9 Å². The number of hydrogen-bond donors (Lipinski definition) is 0. The summed E-state index contributed by atoms with van der Waals surface area (Å²) in [4.78, 5) is 51.8. The summed E-state index contributed by atoms with van der Waals surface area (Å²) >= 11 is 3.49. The van der Waals surface area contributed by atoms with Crippen molar-refractivity contribution in [2.45, 2.75) is 103 Å². The van der Waals surface area contributed by atoms with Gasteiger partial charge >= 0.3 is 23.9 Å². The van der Waals surface area contributed by atoms with E-state index in [9.17, 15) is 19.2 Å². The lowest BCUT2D eigenvalue weighted by Crippen LogP contribution is -2.22. The van der Waals surface area contributed by atoms with Gasteiger partial charge in [0.15, 0.2) is 0 Å². The van der Waals surface area contributed by atoms with E-state index in [1.165, 1.54) is 20.2 Å². The molecule has 10 heteroatoms. The fourth-order valence-corrected chi connectivity index (χ4v) is 10.4. The predicted octanol–water partition coefficient (Wildman–Crippen LogP) is 11.6. The Labute approximate surface area is 321 Å². The second-order valence-electron chi connectivity index (χ2n) is 14.0. The highest BCUT2D eigenvalue weighted by molar-refractivity contribution is 7.25. The molecule has 278 valence electrons. The maximum atomic E-state index is 12.5. The standard InChI is InChI=1S/C44H42O8S2/c1-5-37(45)49-31-15-17-33(51-39(47)7-3)29-21-23(9-11-25(29)31)43-27-13-19-36-42-28(14-20-35(53-43)41(27)42)44(54-36)24-10-12-26-30(22-24)34(52-40(48)8-4)18-16-32(26)50-38(46)6-2/h9-14,19-22,31-34H,5-8,15-18H2,1-4H3. The first-order chi connectivity index (χ1) is 26.2. The molecular formula is C44H42O8S2. The molecule has 2 heterocycles. The Bertz CT molecular complexity index is 2250. The number of hydrogen-bond acceptors (Lipinski definition) is 10. The molecule has 6 aromatic rings. The van der Waals surface area contributed by atoms with Crippen LogP contribution in [0.1, 0.15) is 126 Å². The lowest BCUT2D eigenvalue weighted by atomic mass is 9.85. The molecule has 4 atom stereocenters. The van der Waals surface area contributed by atoms with Gasteiger partial charge in [0, 0.05) is 66.4 Å². The van der Waals surface area contributed by atoms with E-state index in [4.69, 9.17) is 18.9 Å². The minimum Gasteiger partial charge on any atom is -0.457 e. The number of ether oxygens (including phenoxy) is 4. The summed E-state index contributed by atoms with van der Waals surface area (Å²) in [6, 6.07) is 21.3. The van der Waals surface area contributed by atoms with E-state index >= 15 is 0 Å². The third kappa shape index (κ3) is 6.43. The molecule has 8 nitrogen and oxygen atoms in total. The zero-order valence-corrected chi connectivity index (χ0v) is 32.5. The summed E-state index contributed by atoms with van der Waals surface area (Å²) in [6.45, 7) is 7.17. The van der Waals surface area contributed by atoms with Crippen LogP contribution in [0.4, 0.5) is 0 Å². The van der Waals surface area contributed by atoms with Crippen molar-refractivity contribution in [3.8, 4) is 20.9 Å². The minimum atomic E-state index is -0.404. The number of thiophene rings is 2. The molecule has 4 unspecified atom stereocenters. The zero-order valence-electron chi connectivity index (χ0n) is 30.8. The van der Waals surface area contributed by atoms with Gasteiger partial charge in [-0.25, -0.2) is 0 Å². The molecule has 0 aliphatic heterocycles. The van der Waals surface area contributed by atoms with Crippen molar-refractivity contribution in [3.63, 3.8) is 0 Å². The van der Waals surface area contributed by atoms with Gasteiger partial charge in [0.2, 0.25) is 0 Å². The maximum Gasteiger partial charge on any atom is 0.306 e. The summed E-state index contributed by atoms with van der Waals surface area (Å²) in [7, 11) is 0. The lowest BCUT2D eigenvalue weighted by molar-refractivity contribution is -0.155. The maximum absolute atomic E-state index is 12.5. The molecule has 0 radical (unpaired) electrons. The normalized spacial score (nSPS) is 19.4. The van der Waals surface area contributed by atoms with Crippen LogP contribution < -0.4 is 0 Å². The Morgan fingerprint density at radius 2 is 0.815 bits per heavy atom. The SMILES string of the molecule is CCC(=O)OC1CCC(OC(=O)CC)c2cc(-c3sc4ccc5c(-c6ccc7c(c6)C(OC(=O)CC)CCC7OC(=O)CC)sc6ccc3c4c65)ccc21. The molecule has 4 aromatic carbocycles. The molecule has 0 fully saturated rings. The van der Waals surface area contributed by atoms with Crippen LogP contribution >= 0.6 is 22.7 Å². The van der Waals surface area contributed by atoms with Gasteiger partial charge in [0.05, 0.1) is 0 Å². The van der Waals surface area contributed by atoms with Gasteiger partial charge in [-0.3, -0.25) is 19.2 Å². The Kier molecular flexibility index (Phi) is 9.91. The average molecular weight is 763 g/mol. The third-order valence-corrected chi connectivity index (χ3v) is 13.2. The van der Waals surface area contributed by atoms with Crippen molar-refractivity contribution in [2.24, 2.45) is 0 Å². The van der Waals surface area contributed by atoms with E-state index in [-0.39, 0.29) is 36.1 Å². The fraction of sp³-hybridized carbons (Fsp3) is 0.364. The van der Waals surface area contributed by atoms with Crippen LogP contribution in [0.5, 0.6) is 0 Å². The summed E-state index contributed by atoms with van der Waals surface area (Å²) < 4.78 is 25.9. The zero-order chi connectivity index (χ0) is 37.7. The topological polar surface area (TPSA) is 105 Å². The number of fused-ring (bicyclic) bond motifs is 2. The molecule has 2 aliphatic carbocycles. The van der Waals surface area contributed by atoms with Crippen molar-refractivity contribution in [1.29, 1.82) is 0 Å². The molecule has 0 spiro atoms. The van der Waals surface area contributed by atoms with Gasteiger partial charge in [-0.2, -0.15) is 0 Å². The second-order valence-corrected chi connectivity index (χ2v) is 16.1. The highest BCUT2D eigenvalue weighted by Crippen LogP contribution is 2.52. The number of carbonyl (C=O) groups is 4. The van der Waals surface area contributed by atoms with Crippen molar-refractivity contribution in [2.75, 3.05) is 0 Å². The third-order valence-electron chi connectivity index (χ3n) is 10.7. The van der Waals surface area contributed by atoms with Crippen LogP contribution in [-0.2, 0) is 38.1 Å². The first-order valence-electron chi connectivity index (χ1n) is 19.0. The van der Waals surface area contributed by atoms with Crippen LogP contribution in [0.25, 0.3) is 51.8 Å². The highest BCUT2D eigenvalue weighted by atomic mass is 32.1. The largest absolute Gasteiger partial charge is 0.457 e. The molecular weight excluding hydrogens is 721 g/mol. The van der Waals surface area contributed by atoms with Crippen molar-refractivity contribution < 1.29 is 38.1 Å². The summed E-state index contributed by atoms with van der Waals surface area (Å²) in [5.41, 5.74) is 5.63. The van der Waals surface area contributed by atoms with Gasteiger partial charge in [-0.05, 0) is 83.3 Å². The number of carbonyl (C=O) groups excluding carboxylic acids is 4. The summed E-state index contributed by atoms with van der Waals surface area (Å²) in [6.07, 6.45) is 1.98. The van der Waals surface area contributed by atoms with E-state index < -0.39 is 12.2 Å². The molecule has 54 heavy (non-hydrogen) atoms. The first-order valence-corrected chi connectivity index (χ1v) is 20.6. The number of esters is 4. The van der Waals surface area contributed by atoms with Gasteiger partial charge in [0.25, 0.3) is 0 Å². The lowest BCUT2D eigenvalue weighted by Gasteiger charge is -2.31. The van der Waals surface area contributed by atoms with E-state index in [1.807, 2.05) is 12.1 Å². The smallest absolute Gasteiger partial charge is 0.306 e. The molecule has 0 saturated carbocycles. The van der Waals surface area contributed by atoms with E-state index in [1.54, 1.807) is 50.4 Å². The fourth-order valence-electron chi connectivity index (χ4n) is 8.00. The number of benzene rings is 4. The van der Waals surface area contributed by atoms with Gasteiger partial charge in [0.1, 0.15) is 24.4 Å². The first kappa shape index (κ1) is 36.2. The van der Waals surface area contributed by atoms with Gasteiger partial charge in [-0.15, -0.1) is 22.7 Å². The van der Waals surface area contributed by atoms with Crippen molar-refractivity contribution >= 4 is 77.5 Å². The van der Waals surface area contributed by atoms with Crippen molar-refractivity contribution in [1.82, 2.24) is 0 Å². The summed E-state index contributed by atoms with van der Waals surface area (Å²) in [5.74, 6) is -0.992. The second kappa shape index (κ2) is 14.8. The Morgan fingerprint density at radius 3 is 1.15 bits per heavy atom. The van der Waals surface area contributed by atoms with E-state index in [0.29, 0.717) is 51.4 Å². The Morgan fingerprint density at radius 1 is 0.481 bits per heavy atom. The van der Waals surface area contributed by atoms with Crippen LogP contribution in [0.3, 0.4) is 0 Å². The molecule has 8 rings (SSSR count). The predicted molar refractivity (Wildman–Crippen MR) is 212 cm³/mol. The molecule has 0 bridgehead atoms. The van der Waals surface area contributed by atoms with Crippen molar-refractivity contribution in [3.05, 3.63) is 82.9 Å². The molecule has 2 aliphatic rings. The number of rotatable bonds is 10. The van der Waals surface area contributed by atoms with Gasteiger partial charge < -0.3 is 18.9 Å². The van der Waals surface area contributed by atoms with E-state index in [2.05, 4.69) is 48.5 Å². The quantitative estimate of drug-likeness (QED) is 0.100. The summed E-state index contributed by atoms with van der Waals surface area (Å²) in [5, 5.41) is 4.74.